The largest absolute Gasteiger partial charge is 0.352 e. The van der Waals surface area contributed by atoms with E-state index in [9.17, 15) is 13.2 Å². The van der Waals surface area contributed by atoms with Crippen LogP contribution in [-0.4, -0.2) is 68.8 Å². The highest BCUT2D eigenvalue weighted by Crippen LogP contribution is 2.21. The van der Waals surface area contributed by atoms with Crippen molar-refractivity contribution >= 4 is 21.9 Å². The normalized spacial score (nSPS) is 20.9. The van der Waals surface area contributed by atoms with Crippen LogP contribution in [0.4, 0.5) is 0 Å². The molecule has 1 unspecified atom stereocenters. The summed E-state index contributed by atoms with van der Waals surface area (Å²) in [7, 11) is -1.74. The number of amides is 1. The van der Waals surface area contributed by atoms with E-state index in [1.54, 1.807) is 29.6 Å². The predicted octanol–water partition coefficient (Wildman–Crippen LogP) is 1.54. The van der Waals surface area contributed by atoms with Crippen LogP contribution in [-0.2, 0) is 21.4 Å². The van der Waals surface area contributed by atoms with Crippen molar-refractivity contribution in [2.24, 2.45) is 4.99 Å². The summed E-state index contributed by atoms with van der Waals surface area (Å²) in [4.78, 5) is 18.3. The van der Waals surface area contributed by atoms with Gasteiger partial charge in [0.05, 0.1) is 4.90 Å². The Kier molecular flexibility index (Phi) is 7.71. The number of piperidine rings is 1. The molecule has 2 saturated heterocycles. The van der Waals surface area contributed by atoms with Gasteiger partial charge in [-0.2, -0.15) is 4.31 Å². The standard InChI is InChI=1S/C21H33N5O3S/c1-3-20(27)25-13-10-18(16-25)24-21(22-2)23-15-17-8-7-9-19(14-17)30(28,29)26-11-5-4-6-12-26/h7-9,14,18H,3-6,10-13,15-16H2,1-2H3,(H2,22,23,24). The van der Waals surface area contributed by atoms with Crippen LogP contribution in [0.3, 0.4) is 0 Å². The van der Waals surface area contributed by atoms with Crippen LogP contribution in [0, 0.1) is 0 Å². The lowest BCUT2D eigenvalue weighted by Crippen LogP contribution is -2.44. The van der Waals surface area contributed by atoms with Crippen molar-refractivity contribution in [3.63, 3.8) is 0 Å². The predicted molar refractivity (Wildman–Crippen MR) is 118 cm³/mol. The van der Waals surface area contributed by atoms with Crippen molar-refractivity contribution < 1.29 is 13.2 Å². The summed E-state index contributed by atoms with van der Waals surface area (Å²) in [5.41, 5.74) is 0.880. The third-order valence-electron chi connectivity index (χ3n) is 5.72. The van der Waals surface area contributed by atoms with Crippen LogP contribution >= 0.6 is 0 Å². The van der Waals surface area contributed by atoms with Gasteiger partial charge in [0.25, 0.3) is 0 Å². The molecule has 1 amide bonds. The van der Waals surface area contributed by atoms with Crippen LogP contribution < -0.4 is 10.6 Å². The Hall–Kier alpha value is -2.13. The minimum absolute atomic E-state index is 0.164. The topological polar surface area (TPSA) is 94.1 Å². The minimum Gasteiger partial charge on any atom is -0.352 e. The Morgan fingerprint density at radius 1 is 1.20 bits per heavy atom. The van der Waals surface area contributed by atoms with Gasteiger partial charge in [0.15, 0.2) is 5.96 Å². The minimum atomic E-state index is -3.44. The number of aliphatic imine (C=N–C) groups is 1. The van der Waals surface area contributed by atoms with Crippen molar-refractivity contribution in [1.82, 2.24) is 19.8 Å². The summed E-state index contributed by atoms with van der Waals surface area (Å²) in [6.45, 7) is 4.98. The highest BCUT2D eigenvalue weighted by molar-refractivity contribution is 7.89. The second-order valence-electron chi connectivity index (χ2n) is 7.86. The molecule has 0 aromatic heterocycles. The van der Waals surface area contributed by atoms with Gasteiger partial charge in [0.1, 0.15) is 0 Å². The van der Waals surface area contributed by atoms with E-state index in [0.717, 1.165) is 37.8 Å². The maximum atomic E-state index is 12.9. The number of carbonyl (C=O) groups is 1. The summed E-state index contributed by atoms with van der Waals surface area (Å²) in [6, 6.07) is 7.26. The highest BCUT2D eigenvalue weighted by Gasteiger charge is 2.27. The maximum absolute atomic E-state index is 12.9. The molecule has 2 fully saturated rings. The Labute approximate surface area is 179 Å². The molecular formula is C21H33N5O3S. The van der Waals surface area contributed by atoms with Crippen LogP contribution in [0.5, 0.6) is 0 Å². The zero-order valence-electron chi connectivity index (χ0n) is 17.9. The second-order valence-corrected chi connectivity index (χ2v) is 9.80. The number of hydrogen-bond acceptors (Lipinski definition) is 4. The molecule has 9 heteroatoms. The van der Waals surface area contributed by atoms with Crippen LogP contribution in [0.15, 0.2) is 34.2 Å². The molecule has 0 aliphatic carbocycles. The summed E-state index contributed by atoms with van der Waals surface area (Å²) in [5.74, 6) is 0.823. The summed E-state index contributed by atoms with van der Waals surface area (Å²) in [6.07, 6.45) is 4.34. The monoisotopic (exact) mass is 435 g/mol. The first-order valence-corrected chi connectivity index (χ1v) is 12.2. The first kappa shape index (κ1) is 22.6. The van der Waals surface area contributed by atoms with Gasteiger partial charge in [-0.3, -0.25) is 9.79 Å². The maximum Gasteiger partial charge on any atom is 0.243 e. The van der Waals surface area contributed by atoms with Gasteiger partial charge in [-0.1, -0.05) is 25.5 Å². The molecule has 1 atom stereocenters. The number of likely N-dealkylation sites (tertiary alicyclic amines) is 1. The lowest BCUT2D eigenvalue weighted by atomic mass is 10.2. The van der Waals surface area contributed by atoms with Crippen molar-refractivity contribution in [2.75, 3.05) is 33.2 Å². The van der Waals surface area contributed by atoms with Gasteiger partial charge in [0.2, 0.25) is 15.9 Å². The van der Waals surface area contributed by atoms with E-state index in [0.29, 0.717) is 43.5 Å². The highest BCUT2D eigenvalue weighted by atomic mass is 32.2. The zero-order chi connectivity index (χ0) is 21.6. The smallest absolute Gasteiger partial charge is 0.243 e. The second kappa shape index (κ2) is 10.3. The van der Waals surface area contributed by atoms with E-state index in [-0.39, 0.29) is 11.9 Å². The number of benzene rings is 1. The molecule has 8 nitrogen and oxygen atoms in total. The Morgan fingerprint density at radius 2 is 1.97 bits per heavy atom. The van der Waals surface area contributed by atoms with Crippen molar-refractivity contribution in [3.05, 3.63) is 29.8 Å². The third-order valence-corrected chi connectivity index (χ3v) is 7.61. The molecule has 2 aliphatic heterocycles. The molecule has 0 radical (unpaired) electrons. The van der Waals surface area contributed by atoms with E-state index < -0.39 is 10.0 Å². The fraction of sp³-hybridized carbons (Fsp3) is 0.619. The number of nitrogens with one attached hydrogen (secondary N) is 2. The van der Waals surface area contributed by atoms with Crippen LogP contribution in [0.1, 0.15) is 44.6 Å². The number of nitrogens with zero attached hydrogens (tertiary/aromatic N) is 3. The zero-order valence-corrected chi connectivity index (χ0v) is 18.7. The fourth-order valence-corrected chi connectivity index (χ4v) is 5.56. The molecule has 166 valence electrons. The summed E-state index contributed by atoms with van der Waals surface area (Å²) >= 11 is 0. The summed E-state index contributed by atoms with van der Waals surface area (Å²) in [5, 5.41) is 6.62. The summed E-state index contributed by atoms with van der Waals surface area (Å²) < 4.78 is 27.4. The Morgan fingerprint density at radius 3 is 2.67 bits per heavy atom. The number of hydrogen-bond donors (Lipinski definition) is 2. The lowest BCUT2D eigenvalue weighted by Gasteiger charge is -2.26. The molecule has 0 spiro atoms. The molecule has 2 heterocycles. The average Bonchev–Trinajstić information content (AvgIpc) is 3.25. The van der Waals surface area contributed by atoms with E-state index in [1.165, 1.54) is 0 Å². The molecule has 1 aromatic carbocycles. The molecule has 3 rings (SSSR count). The van der Waals surface area contributed by atoms with Gasteiger partial charge >= 0.3 is 0 Å². The number of rotatable bonds is 6. The van der Waals surface area contributed by atoms with E-state index in [1.807, 2.05) is 17.9 Å². The van der Waals surface area contributed by atoms with Crippen molar-refractivity contribution in [3.8, 4) is 0 Å². The lowest BCUT2D eigenvalue weighted by molar-refractivity contribution is -0.129. The van der Waals surface area contributed by atoms with Gasteiger partial charge < -0.3 is 15.5 Å². The van der Waals surface area contributed by atoms with Gasteiger partial charge in [-0.15, -0.1) is 0 Å². The molecule has 1 aromatic rings. The van der Waals surface area contributed by atoms with E-state index in [2.05, 4.69) is 15.6 Å². The van der Waals surface area contributed by atoms with Gasteiger partial charge in [-0.05, 0) is 37.0 Å². The fourth-order valence-electron chi connectivity index (χ4n) is 3.97. The van der Waals surface area contributed by atoms with Gasteiger partial charge in [-0.25, -0.2) is 8.42 Å². The van der Waals surface area contributed by atoms with Crippen molar-refractivity contribution in [2.45, 2.75) is 56.5 Å². The van der Waals surface area contributed by atoms with Crippen LogP contribution in [0.2, 0.25) is 0 Å². The van der Waals surface area contributed by atoms with Crippen LogP contribution in [0.25, 0.3) is 0 Å². The SMILES string of the molecule is CCC(=O)N1CCC(NC(=NC)NCc2cccc(S(=O)(=O)N3CCCCC3)c2)C1. The quantitative estimate of drug-likeness (QED) is 0.522. The van der Waals surface area contributed by atoms with E-state index >= 15 is 0 Å². The first-order chi connectivity index (χ1) is 14.4. The van der Waals surface area contributed by atoms with Gasteiger partial charge in [0, 0.05) is 52.2 Å². The Balaban J connectivity index is 1.57. The average molecular weight is 436 g/mol. The number of guanidine groups is 1. The first-order valence-electron chi connectivity index (χ1n) is 10.8. The molecular weight excluding hydrogens is 402 g/mol. The number of carbonyl (C=O) groups excluding carboxylic acids is 1. The Bertz CT molecular complexity index is 865. The molecule has 30 heavy (non-hydrogen) atoms. The molecule has 2 N–H and O–H groups in total. The third kappa shape index (κ3) is 5.51. The molecule has 2 aliphatic rings. The molecule has 0 bridgehead atoms. The van der Waals surface area contributed by atoms with E-state index in [4.69, 9.17) is 0 Å². The number of sulfonamides is 1. The molecule has 0 saturated carbocycles. The van der Waals surface area contributed by atoms with Crippen molar-refractivity contribution in [1.29, 1.82) is 0 Å².